The number of carbonyl (C=O) groups is 2. The van der Waals surface area contributed by atoms with Gasteiger partial charge in [-0.1, -0.05) is 20.8 Å². The van der Waals surface area contributed by atoms with E-state index >= 15 is 0 Å². The molecule has 1 rings (SSSR count). The second-order valence-electron chi connectivity index (χ2n) is 6.86. The smallest absolute Gasteiger partial charge is 0.225 e. The van der Waals surface area contributed by atoms with E-state index in [2.05, 4.69) is 5.32 Å². The van der Waals surface area contributed by atoms with Crippen LogP contribution in [0.5, 0.6) is 0 Å². The largest absolute Gasteiger partial charge is 0.355 e. The molecule has 3 N–H and O–H groups in total. The zero-order valence-electron chi connectivity index (χ0n) is 13.6. The van der Waals surface area contributed by atoms with Crippen LogP contribution in [0.3, 0.4) is 0 Å². The van der Waals surface area contributed by atoms with E-state index in [9.17, 15) is 9.59 Å². The number of halogens is 1. The van der Waals surface area contributed by atoms with Crippen molar-refractivity contribution in [3.63, 3.8) is 0 Å². The summed E-state index contributed by atoms with van der Waals surface area (Å²) in [7, 11) is 0. The Morgan fingerprint density at radius 1 is 1.38 bits per heavy atom. The molecule has 1 saturated heterocycles. The average molecular weight is 320 g/mol. The number of hydrogen-bond acceptors (Lipinski definition) is 3. The second kappa shape index (κ2) is 8.59. The zero-order valence-corrected chi connectivity index (χ0v) is 14.5. The maximum atomic E-state index is 12.1. The van der Waals surface area contributed by atoms with Gasteiger partial charge < -0.3 is 16.0 Å². The van der Waals surface area contributed by atoms with E-state index in [1.165, 1.54) is 0 Å². The molecule has 124 valence electrons. The normalized spacial score (nSPS) is 20.4. The van der Waals surface area contributed by atoms with Crippen LogP contribution in [0.2, 0.25) is 0 Å². The first-order chi connectivity index (χ1) is 9.21. The van der Waals surface area contributed by atoms with E-state index in [4.69, 9.17) is 5.73 Å². The average Bonchev–Trinajstić information content (AvgIpc) is 2.37. The van der Waals surface area contributed by atoms with Crippen LogP contribution < -0.4 is 11.1 Å². The van der Waals surface area contributed by atoms with Crippen LogP contribution >= 0.6 is 12.4 Å². The summed E-state index contributed by atoms with van der Waals surface area (Å²) in [6.07, 6.45) is 2.49. The van der Waals surface area contributed by atoms with E-state index < -0.39 is 5.41 Å². The van der Waals surface area contributed by atoms with E-state index in [1.807, 2.05) is 32.6 Å². The Balaban J connectivity index is 0.00000400. The highest BCUT2D eigenvalue weighted by atomic mass is 35.5. The summed E-state index contributed by atoms with van der Waals surface area (Å²) in [6, 6.07) is 0.131. The minimum atomic E-state index is -0.408. The summed E-state index contributed by atoms with van der Waals surface area (Å²) in [5.74, 6) is 0.499. The molecule has 2 unspecified atom stereocenters. The zero-order chi connectivity index (χ0) is 15.3. The Kier molecular flexibility index (Phi) is 8.26. The van der Waals surface area contributed by atoms with Crippen molar-refractivity contribution < 1.29 is 9.59 Å². The third-order valence-electron chi connectivity index (χ3n) is 3.86. The van der Waals surface area contributed by atoms with Gasteiger partial charge in [0.1, 0.15) is 0 Å². The molecule has 0 aromatic carbocycles. The standard InChI is InChI=1S/C15H29N3O2.ClH/c1-11(16)12-6-5-9-18(10-12)13(19)7-8-17-14(20)15(2,3)4;/h11-12H,5-10,16H2,1-4H3,(H,17,20);1H. The van der Waals surface area contributed by atoms with Gasteiger partial charge in [0.25, 0.3) is 0 Å². The molecule has 0 aromatic rings. The number of nitrogens with two attached hydrogens (primary N) is 1. The van der Waals surface area contributed by atoms with Gasteiger partial charge in [0.2, 0.25) is 11.8 Å². The van der Waals surface area contributed by atoms with Crippen molar-refractivity contribution in [2.75, 3.05) is 19.6 Å². The van der Waals surface area contributed by atoms with Gasteiger partial charge in [-0.15, -0.1) is 12.4 Å². The molecular weight excluding hydrogens is 290 g/mol. The summed E-state index contributed by atoms with van der Waals surface area (Å²) in [5.41, 5.74) is 5.51. The molecule has 0 bridgehead atoms. The Hall–Kier alpha value is -0.810. The summed E-state index contributed by atoms with van der Waals surface area (Å²) in [6.45, 7) is 9.57. The van der Waals surface area contributed by atoms with Crippen LogP contribution in [-0.2, 0) is 9.59 Å². The topological polar surface area (TPSA) is 75.4 Å². The molecule has 0 radical (unpaired) electrons. The first kappa shape index (κ1) is 20.2. The van der Waals surface area contributed by atoms with Crippen molar-refractivity contribution in [3.8, 4) is 0 Å². The summed E-state index contributed by atoms with van der Waals surface area (Å²) >= 11 is 0. The SMILES string of the molecule is CC(N)C1CCCN(C(=O)CCNC(=O)C(C)(C)C)C1.Cl. The highest BCUT2D eigenvalue weighted by molar-refractivity contribution is 5.85. The molecule has 5 nitrogen and oxygen atoms in total. The maximum Gasteiger partial charge on any atom is 0.225 e. The molecule has 1 aliphatic rings. The van der Waals surface area contributed by atoms with E-state index in [-0.39, 0.29) is 30.3 Å². The van der Waals surface area contributed by atoms with Gasteiger partial charge in [-0.05, 0) is 25.7 Å². The number of likely N-dealkylation sites (tertiary alicyclic amines) is 1. The number of nitrogens with zero attached hydrogens (tertiary/aromatic N) is 1. The Morgan fingerprint density at radius 2 is 2.00 bits per heavy atom. The van der Waals surface area contributed by atoms with Gasteiger partial charge in [-0.2, -0.15) is 0 Å². The van der Waals surface area contributed by atoms with E-state index in [1.54, 1.807) is 0 Å². The van der Waals surface area contributed by atoms with Crippen LogP contribution in [0.4, 0.5) is 0 Å². The third kappa shape index (κ3) is 6.66. The van der Waals surface area contributed by atoms with Crippen molar-refractivity contribution >= 4 is 24.2 Å². The van der Waals surface area contributed by atoms with Crippen molar-refractivity contribution in [2.45, 2.75) is 53.0 Å². The van der Waals surface area contributed by atoms with E-state index in [0.29, 0.717) is 18.9 Å². The van der Waals surface area contributed by atoms with Gasteiger partial charge in [0.05, 0.1) is 0 Å². The fraction of sp³-hybridized carbons (Fsp3) is 0.867. The van der Waals surface area contributed by atoms with Crippen molar-refractivity contribution in [3.05, 3.63) is 0 Å². The molecular formula is C15H30ClN3O2. The van der Waals surface area contributed by atoms with Crippen LogP contribution in [0.25, 0.3) is 0 Å². The molecule has 0 aromatic heterocycles. The molecule has 0 aliphatic carbocycles. The Labute approximate surface area is 134 Å². The minimum Gasteiger partial charge on any atom is -0.355 e. The van der Waals surface area contributed by atoms with Gasteiger partial charge >= 0.3 is 0 Å². The lowest BCUT2D eigenvalue weighted by Crippen LogP contribution is -2.46. The number of piperidine rings is 1. The van der Waals surface area contributed by atoms with Crippen LogP contribution in [0.15, 0.2) is 0 Å². The highest BCUT2D eigenvalue weighted by Gasteiger charge is 2.26. The summed E-state index contributed by atoms with van der Waals surface area (Å²) < 4.78 is 0. The lowest BCUT2D eigenvalue weighted by molar-refractivity contribution is -0.133. The molecule has 1 heterocycles. The Morgan fingerprint density at radius 3 is 2.52 bits per heavy atom. The number of carbonyl (C=O) groups excluding carboxylic acids is 2. The van der Waals surface area contributed by atoms with Crippen molar-refractivity contribution in [1.29, 1.82) is 0 Å². The molecule has 6 heteroatoms. The molecule has 2 atom stereocenters. The van der Waals surface area contributed by atoms with Gasteiger partial charge in [-0.25, -0.2) is 0 Å². The molecule has 0 spiro atoms. The van der Waals surface area contributed by atoms with E-state index in [0.717, 1.165) is 25.9 Å². The first-order valence-corrected chi connectivity index (χ1v) is 7.53. The minimum absolute atomic E-state index is 0. The number of rotatable bonds is 4. The summed E-state index contributed by atoms with van der Waals surface area (Å²) in [5, 5.41) is 2.82. The fourth-order valence-corrected chi connectivity index (χ4v) is 2.37. The number of amides is 2. The number of hydrogen-bond donors (Lipinski definition) is 2. The predicted octanol–water partition coefficient (Wildman–Crippen LogP) is 1.55. The quantitative estimate of drug-likeness (QED) is 0.825. The monoisotopic (exact) mass is 319 g/mol. The molecule has 2 amide bonds. The van der Waals surface area contributed by atoms with Crippen molar-refractivity contribution in [2.24, 2.45) is 17.1 Å². The van der Waals surface area contributed by atoms with Crippen molar-refractivity contribution in [1.82, 2.24) is 10.2 Å². The Bertz CT molecular complexity index is 353. The van der Waals surface area contributed by atoms with Crippen LogP contribution in [0, 0.1) is 11.3 Å². The fourth-order valence-electron chi connectivity index (χ4n) is 2.37. The van der Waals surface area contributed by atoms with Crippen LogP contribution in [-0.4, -0.2) is 42.4 Å². The van der Waals surface area contributed by atoms with Gasteiger partial charge in [-0.3, -0.25) is 9.59 Å². The molecule has 21 heavy (non-hydrogen) atoms. The lowest BCUT2D eigenvalue weighted by atomic mass is 9.92. The predicted molar refractivity (Wildman–Crippen MR) is 87.3 cm³/mol. The lowest BCUT2D eigenvalue weighted by Gasteiger charge is -2.34. The first-order valence-electron chi connectivity index (χ1n) is 7.53. The molecule has 1 aliphatic heterocycles. The third-order valence-corrected chi connectivity index (χ3v) is 3.86. The molecule has 0 saturated carbocycles. The van der Waals surface area contributed by atoms with Gasteiger partial charge in [0, 0.05) is 37.5 Å². The maximum absolute atomic E-state index is 12.1. The highest BCUT2D eigenvalue weighted by Crippen LogP contribution is 2.19. The molecule has 1 fully saturated rings. The second-order valence-corrected chi connectivity index (χ2v) is 6.86. The number of nitrogens with one attached hydrogen (secondary N) is 1. The van der Waals surface area contributed by atoms with Crippen LogP contribution in [0.1, 0.15) is 47.0 Å². The summed E-state index contributed by atoms with van der Waals surface area (Å²) in [4.78, 5) is 25.7. The van der Waals surface area contributed by atoms with Gasteiger partial charge in [0.15, 0.2) is 0 Å².